The van der Waals surface area contributed by atoms with Crippen LogP contribution in [0, 0.1) is 0 Å². The molecule has 6 heteroatoms. The van der Waals surface area contributed by atoms with E-state index in [1.165, 1.54) is 6.07 Å². The molecular formula is C13H14N2O3S. The van der Waals surface area contributed by atoms with Crippen LogP contribution in [0.4, 0.5) is 5.69 Å². The number of pyridine rings is 1. The fourth-order valence-electron chi connectivity index (χ4n) is 1.71. The highest BCUT2D eigenvalue weighted by molar-refractivity contribution is 7.86. The summed E-state index contributed by atoms with van der Waals surface area (Å²) in [4.78, 5) is 4.06. The Labute approximate surface area is 112 Å². The van der Waals surface area contributed by atoms with Crippen molar-refractivity contribution in [1.82, 2.24) is 4.98 Å². The van der Waals surface area contributed by atoms with Crippen LogP contribution in [0.25, 0.3) is 0 Å². The van der Waals surface area contributed by atoms with Crippen molar-refractivity contribution in [1.29, 1.82) is 0 Å². The van der Waals surface area contributed by atoms with Gasteiger partial charge in [-0.15, -0.1) is 0 Å². The predicted octanol–water partition coefficient (Wildman–Crippen LogP) is 1.98. The maximum Gasteiger partial charge on any atom is 0.296 e. The average Bonchev–Trinajstić information content (AvgIpc) is 2.39. The minimum Gasteiger partial charge on any atom is -0.384 e. The molecule has 0 saturated heterocycles. The van der Waals surface area contributed by atoms with Crippen molar-refractivity contribution < 1.29 is 13.0 Å². The Hall–Kier alpha value is -1.92. The highest BCUT2D eigenvalue weighted by atomic mass is 32.2. The van der Waals surface area contributed by atoms with Crippen molar-refractivity contribution in [2.75, 3.05) is 11.9 Å². The maximum atomic E-state index is 11.2. The van der Waals surface area contributed by atoms with Gasteiger partial charge in [0.15, 0.2) is 0 Å². The Balaban J connectivity index is 2.05. The second kappa shape index (κ2) is 5.81. The van der Waals surface area contributed by atoms with E-state index >= 15 is 0 Å². The first-order valence-corrected chi connectivity index (χ1v) is 7.22. The molecule has 2 N–H and O–H groups in total. The predicted molar refractivity (Wildman–Crippen MR) is 72.7 cm³/mol. The fraction of sp³-hybridized carbons (Fsp3) is 0.154. The molecule has 5 nitrogen and oxygen atoms in total. The molecule has 0 fully saturated rings. The van der Waals surface area contributed by atoms with Gasteiger partial charge >= 0.3 is 0 Å². The van der Waals surface area contributed by atoms with E-state index in [1.807, 2.05) is 18.2 Å². The number of nitrogens with one attached hydrogen (secondary N) is 1. The van der Waals surface area contributed by atoms with Gasteiger partial charge in [-0.25, -0.2) is 0 Å². The number of aromatic nitrogens is 1. The van der Waals surface area contributed by atoms with E-state index in [0.29, 0.717) is 18.7 Å². The summed E-state index contributed by atoms with van der Waals surface area (Å²) in [5.41, 5.74) is 1.31. The molecule has 1 aromatic carbocycles. The smallest absolute Gasteiger partial charge is 0.296 e. The molecule has 2 aromatic rings. The number of para-hydroxylation sites is 1. The van der Waals surface area contributed by atoms with E-state index in [9.17, 15) is 8.42 Å². The lowest BCUT2D eigenvalue weighted by Gasteiger charge is -2.09. The van der Waals surface area contributed by atoms with Gasteiger partial charge in [0, 0.05) is 24.9 Å². The quantitative estimate of drug-likeness (QED) is 0.818. The first-order chi connectivity index (χ1) is 9.07. The van der Waals surface area contributed by atoms with Crippen LogP contribution in [0.15, 0.2) is 53.6 Å². The van der Waals surface area contributed by atoms with E-state index in [0.717, 1.165) is 5.69 Å². The standard InChI is InChI=1S/C13H14N2O3S/c16-19(17,18)13-7-2-1-6-12(13)15-10-8-11-5-3-4-9-14-11/h1-7,9,15H,8,10H2,(H,16,17,18). The molecule has 0 amide bonds. The highest BCUT2D eigenvalue weighted by Crippen LogP contribution is 2.20. The number of benzene rings is 1. The van der Waals surface area contributed by atoms with Crippen molar-refractivity contribution in [3.63, 3.8) is 0 Å². The molecule has 0 spiro atoms. The van der Waals surface area contributed by atoms with Gasteiger partial charge in [-0.1, -0.05) is 18.2 Å². The van der Waals surface area contributed by atoms with Crippen LogP contribution in [0.1, 0.15) is 5.69 Å². The third-order valence-corrected chi connectivity index (χ3v) is 3.50. The molecule has 0 aliphatic rings. The van der Waals surface area contributed by atoms with Crippen LogP contribution in [0.2, 0.25) is 0 Å². The average molecular weight is 278 g/mol. The van der Waals surface area contributed by atoms with E-state index in [2.05, 4.69) is 10.3 Å². The third kappa shape index (κ3) is 3.77. The lowest BCUT2D eigenvalue weighted by molar-refractivity contribution is 0.483. The molecule has 0 atom stereocenters. The van der Waals surface area contributed by atoms with Gasteiger partial charge in [0.05, 0.1) is 5.69 Å². The lowest BCUT2D eigenvalue weighted by Crippen LogP contribution is -2.09. The molecule has 19 heavy (non-hydrogen) atoms. The van der Waals surface area contributed by atoms with E-state index in [1.54, 1.807) is 24.4 Å². The van der Waals surface area contributed by atoms with Crippen molar-refractivity contribution in [2.45, 2.75) is 11.3 Å². The molecule has 100 valence electrons. The zero-order valence-corrected chi connectivity index (χ0v) is 11.0. The highest BCUT2D eigenvalue weighted by Gasteiger charge is 2.13. The monoisotopic (exact) mass is 278 g/mol. The number of nitrogens with zero attached hydrogens (tertiary/aromatic N) is 1. The van der Waals surface area contributed by atoms with Crippen LogP contribution < -0.4 is 5.32 Å². The van der Waals surface area contributed by atoms with Gasteiger partial charge in [0.2, 0.25) is 0 Å². The van der Waals surface area contributed by atoms with Crippen molar-refractivity contribution in [3.8, 4) is 0 Å². The normalized spacial score (nSPS) is 11.2. The van der Waals surface area contributed by atoms with Gasteiger partial charge < -0.3 is 5.32 Å². The number of hydrogen-bond donors (Lipinski definition) is 2. The van der Waals surface area contributed by atoms with Crippen molar-refractivity contribution in [2.24, 2.45) is 0 Å². The van der Waals surface area contributed by atoms with E-state index in [4.69, 9.17) is 4.55 Å². The zero-order chi connectivity index (χ0) is 13.7. The Kier molecular flexibility index (Phi) is 4.13. The van der Waals surface area contributed by atoms with Crippen LogP contribution in [-0.2, 0) is 16.5 Å². The second-order valence-electron chi connectivity index (χ2n) is 3.97. The Bertz CT molecular complexity index is 642. The molecule has 0 unspecified atom stereocenters. The summed E-state index contributed by atoms with van der Waals surface area (Å²) in [6.45, 7) is 0.531. The zero-order valence-electron chi connectivity index (χ0n) is 10.2. The number of hydrogen-bond acceptors (Lipinski definition) is 4. The summed E-state index contributed by atoms with van der Waals surface area (Å²) in [7, 11) is -4.21. The molecule has 0 radical (unpaired) electrons. The summed E-state index contributed by atoms with van der Waals surface area (Å²) < 4.78 is 31.5. The summed E-state index contributed by atoms with van der Waals surface area (Å²) in [6.07, 6.45) is 2.38. The van der Waals surface area contributed by atoms with Crippen LogP contribution in [-0.4, -0.2) is 24.5 Å². The van der Waals surface area contributed by atoms with Crippen LogP contribution >= 0.6 is 0 Å². The summed E-state index contributed by atoms with van der Waals surface area (Å²) in [5, 5.41) is 2.99. The van der Waals surface area contributed by atoms with Crippen LogP contribution in [0.3, 0.4) is 0 Å². The van der Waals surface area contributed by atoms with E-state index < -0.39 is 10.1 Å². The van der Waals surface area contributed by atoms with Gasteiger partial charge in [-0.05, 0) is 24.3 Å². The SMILES string of the molecule is O=S(=O)(O)c1ccccc1NCCc1ccccn1. The summed E-state index contributed by atoms with van der Waals surface area (Å²) in [6, 6.07) is 11.9. The first-order valence-electron chi connectivity index (χ1n) is 5.77. The van der Waals surface area contributed by atoms with Crippen LogP contribution in [0.5, 0.6) is 0 Å². The molecule has 1 aromatic heterocycles. The topological polar surface area (TPSA) is 79.3 Å². The van der Waals surface area contributed by atoms with Gasteiger partial charge in [0.25, 0.3) is 10.1 Å². The molecule has 0 saturated carbocycles. The largest absolute Gasteiger partial charge is 0.384 e. The molecule has 1 heterocycles. The fourth-order valence-corrected chi connectivity index (χ4v) is 2.38. The molecule has 0 aliphatic heterocycles. The minimum atomic E-state index is -4.21. The Morgan fingerprint density at radius 3 is 2.53 bits per heavy atom. The molecular weight excluding hydrogens is 264 g/mol. The third-order valence-electron chi connectivity index (χ3n) is 2.59. The minimum absolute atomic E-state index is 0.115. The lowest BCUT2D eigenvalue weighted by atomic mass is 10.2. The number of rotatable bonds is 5. The molecule has 2 rings (SSSR count). The summed E-state index contributed by atoms with van der Waals surface area (Å²) in [5.74, 6) is 0. The van der Waals surface area contributed by atoms with Crippen molar-refractivity contribution >= 4 is 15.8 Å². The second-order valence-corrected chi connectivity index (χ2v) is 5.36. The maximum absolute atomic E-state index is 11.2. The van der Waals surface area contributed by atoms with Gasteiger partial charge in [-0.2, -0.15) is 8.42 Å². The first kappa shape index (κ1) is 13.5. The van der Waals surface area contributed by atoms with Gasteiger partial charge in [-0.3, -0.25) is 9.54 Å². The molecule has 0 bridgehead atoms. The van der Waals surface area contributed by atoms with E-state index in [-0.39, 0.29) is 4.90 Å². The molecule has 0 aliphatic carbocycles. The van der Waals surface area contributed by atoms with Gasteiger partial charge in [0.1, 0.15) is 4.90 Å². The van der Waals surface area contributed by atoms with Crippen molar-refractivity contribution in [3.05, 3.63) is 54.4 Å². The summed E-state index contributed by atoms with van der Waals surface area (Å²) >= 11 is 0. The Morgan fingerprint density at radius 2 is 1.84 bits per heavy atom. The Morgan fingerprint density at radius 1 is 1.11 bits per heavy atom. The number of anilines is 1.